The van der Waals surface area contributed by atoms with Crippen LogP contribution in [0.4, 0.5) is 0 Å². The fraction of sp³-hybridized carbons (Fsp3) is 0.0278. The molecular weight excluding hydrogens is 446 g/mol. The summed E-state index contributed by atoms with van der Waals surface area (Å²) in [5, 5.41) is 7.57. The molecule has 0 saturated carbocycles. The number of fused-ring (bicyclic) bond motifs is 3. The average molecular weight is 472 g/mol. The quantitative estimate of drug-likeness (QED) is 0.234. The smallest absolute Gasteiger partial charge is 0.0704 e. The molecule has 0 spiro atoms. The van der Waals surface area contributed by atoms with E-state index in [0.717, 1.165) is 11.3 Å². The second-order valence-electron chi connectivity index (χ2n) is 9.70. The Morgan fingerprint density at radius 1 is 0.432 bits per heavy atom. The molecule has 0 bridgehead atoms. The van der Waals surface area contributed by atoms with Gasteiger partial charge in [0.15, 0.2) is 0 Å². The summed E-state index contributed by atoms with van der Waals surface area (Å²) >= 11 is 0. The first-order valence-electron chi connectivity index (χ1n) is 12.7. The van der Waals surface area contributed by atoms with Gasteiger partial charge in [-0.3, -0.25) is 4.98 Å². The maximum atomic E-state index is 4.58. The Bertz CT molecular complexity index is 1880. The van der Waals surface area contributed by atoms with Crippen LogP contribution in [0.25, 0.3) is 65.8 Å². The summed E-state index contributed by atoms with van der Waals surface area (Å²) in [4.78, 5) is 4.58. The number of nitrogens with zero attached hydrogens (tertiary/aromatic N) is 1. The lowest BCUT2D eigenvalue weighted by molar-refractivity contribution is 1.29. The van der Waals surface area contributed by atoms with E-state index in [1.807, 2.05) is 12.3 Å². The van der Waals surface area contributed by atoms with Gasteiger partial charge < -0.3 is 0 Å². The van der Waals surface area contributed by atoms with Crippen molar-refractivity contribution in [2.24, 2.45) is 0 Å². The number of rotatable bonds is 3. The fourth-order valence-corrected chi connectivity index (χ4v) is 5.61. The Labute approximate surface area is 216 Å². The molecule has 0 amide bonds. The van der Waals surface area contributed by atoms with Gasteiger partial charge in [-0.05, 0) is 91.3 Å². The lowest BCUT2D eigenvalue weighted by Crippen LogP contribution is -1.91. The Morgan fingerprint density at radius 3 is 1.54 bits per heavy atom. The van der Waals surface area contributed by atoms with Gasteiger partial charge in [-0.15, -0.1) is 0 Å². The van der Waals surface area contributed by atoms with Crippen LogP contribution >= 0.6 is 0 Å². The first-order chi connectivity index (χ1) is 18.3. The molecule has 174 valence electrons. The van der Waals surface area contributed by atoms with E-state index in [4.69, 9.17) is 0 Å². The first kappa shape index (κ1) is 21.5. The second-order valence-corrected chi connectivity index (χ2v) is 9.70. The van der Waals surface area contributed by atoms with Crippen LogP contribution in [0.5, 0.6) is 0 Å². The van der Waals surface area contributed by atoms with Gasteiger partial charge in [0.25, 0.3) is 0 Å². The van der Waals surface area contributed by atoms with Crippen molar-refractivity contribution in [1.29, 1.82) is 0 Å². The van der Waals surface area contributed by atoms with E-state index >= 15 is 0 Å². The third-order valence-electron chi connectivity index (χ3n) is 7.33. The molecule has 0 saturated heterocycles. The minimum Gasteiger partial charge on any atom is -0.256 e. The van der Waals surface area contributed by atoms with Crippen molar-refractivity contribution in [3.8, 4) is 33.5 Å². The van der Waals surface area contributed by atoms with E-state index < -0.39 is 0 Å². The SMILES string of the molecule is Cc1ccnc(-c2ccc3cc(-c4c5ccccc5c(-c5ccccc5)c5ccccc45)ccc3c2)c1. The molecule has 0 aliphatic rings. The van der Waals surface area contributed by atoms with Crippen LogP contribution in [0.3, 0.4) is 0 Å². The minimum absolute atomic E-state index is 1.01. The normalized spacial score (nSPS) is 11.4. The molecule has 0 N–H and O–H groups in total. The number of pyridine rings is 1. The molecule has 1 nitrogen and oxygen atoms in total. The monoisotopic (exact) mass is 471 g/mol. The predicted octanol–water partition coefficient (Wildman–Crippen LogP) is 9.85. The number of aromatic nitrogens is 1. The molecule has 0 atom stereocenters. The molecule has 1 heteroatoms. The molecule has 37 heavy (non-hydrogen) atoms. The van der Waals surface area contributed by atoms with Crippen LogP contribution in [0, 0.1) is 6.92 Å². The van der Waals surface area contributed by atoms with Gasteiger partial charge in [0.05, 0.1) is 5.69 Å². The van der Waals surface area contributed by atoms with Crippen molar-refractivity contribution in [2.45, 2.75) is 6.92 Å². The maximum absolute atomic E-state index is 4.58. The van der Waals surface area contributed by atoms with Gasteiger partial charge in [0.1, 0.15) is 0 Å². The largest absolute Gasteiger partial charge is 0.256 e. The standard InChI is InChI=1S/C36H25N/c1-24-19-20-37-34(21-24)28-17-15-27-23-29(18-16-26(27)22-28)36-32-13-7-5-11-30(32)35(25-9-3-2-4-10-25)31-12-6-8-14-33(31)36/h2-23H,1H3. The molecular formula is C36H25N. The molecule has 0 unspecified atom stereocenters. The van der Waals surface area contributed by atoms with Gasteiger partial charge in [-0.2, -0.15) is 0 Å². The average Bonchev–Trinajstić information content (AvgIpc) is 2.96. The molecule has 6 aromatic carbocycles. The summed E-state index contributed by atoms with van der Waals surface area (Å²) < 4.78 is 0. The maximum Gasteiger partial charge on any atom is 0.0704 e. The highest BCUT2D eigenvalue weighted by Crippen LogP contribution is 2.44. The number of aryl methyl sites for hydroxylation is 1. The van der Waals surface area contributed by atoms with E-state index in [1.54, 1.807) is 0 Å². The number of benzene rings is 6. The van der Waals surface area contributed by atoms with Crippen LogP contribution in [0.2, 0.25) is 0 Å². The minimum atomic E-state index is 1.01. The zero-order valence-electron chi connectivity index (χ0n) is 20.6. The highest BCUT2D eigenvalue weighted by Gasteiger charge is 2.16. The van der Waals surface area contributed by atoms with Crippen molar-refractivity contribution in [1.82, 2.24) is 4.98 Å². The van der Waals surface area contributed by atoms with Crippen molar-refractivity contribution < 1.29 is 0 Å². The molecule has 1 aromatic heterocycles. The topological polar surface area (TPSA) is 12.9 Å². The van der Waals surface area contributed by atoms with Gasteiger partial charge >= 0.3 is 0 Å². The van der Waals surface area contributed by atoms with Gasteiger partial charge in [0.2, 0.25) is 0 Å². The zero-order valence-corrected chi connectivity index (χ0v) is 20.6. The van der Waals surface area contributed by atoms with E-state index in [2.05, 4.69) is 133 Å². The number of hydrogen-bond acceptors (Lipinski definition) is 1. The van der Waals surface area contributed by atoms with Crippen LogP contribution < -0.4 is 0 Å². The zero-order chi connectivity index (χ0) is 24.8. The Morgan fingerprint density at radius 2 is 0.946 bits per heavy atom. The summed E-state index contributed by atoms with van der Waals surface area (Å²) in [6, 6.07) is 46.1. The van der Waals surface area contributed by atoms with E-state index in [1.165, 1.54) is 60.1 Å². The van der Waals surface area contributed by atoms with E-state index in [9.17, 15) is 0 Å². The Balaban J connectivity index is 1.47. The second kappa shape index (κ2) is 8.72. The Kier molecular flexibility index (Phi) is 5.08. The van der Waals surface area contributed by atoms with Crippen LogP contribution in [0.1, 0.15) is 5.56 Å². The molecule has 7 aromatic rings. The van der Waals surface area contributed by atoms with Crippen LogP contribution in [0.15, 0.2) is 134 Å². The highest BCUT2D eigenvalue weighted by atomic mass is 14.7. The van der Waals surface area contributed by atoms with Crippen molar-refractivity contribution in [3.63, 3.8) is 0 Å². The van der Waals surface area contributed by atoms with Crippen molar-refractivity contribution in [3.05, 3.63) is 139 Å². The summed E-state index contributed by atoms with van der Waals surface area (Å²) in [7, 11) is 0. The summed E-state index contributed by atoms with van der Waals surface area (Å²) in [5.41, 5.74) is 8.45. The van der Waals surface area contributed by atoms with Gasteiger partial charge in [-0.1, -0.05) is 103 Å². The van der Waals surface area contributed by atoms with E-state index in [0.29, 0.717) is 0 Å². The lowest BCUT2D eigenvalue weighted by Gasteiger charge is -2.18. The summed E-state index contributed by atoms with van der Waals surface area (Å²) in [6.45, 7) is 2.11. The lowest BCUT2D eigenvalue weighted by atomic mass is 9.85. The highest BCUT2D eigenvalue weighted by molar-refractivity contribution is 6.21. The van der Waals surface area contributed by atoms with Gasteiger partial charge in [-0.25, -0.2) is 0 Å². The molecule has 0 fully saturated rings. The molecule has 0 aliphatic heterocycles. The molecule has 0 aliphatic carbocycles. The third kappa shape index (κ3) is 3.68. The fourth-order valence-electron chi connectivity index (χ4n) is 5.61. The van der Waals surface area contributed by atoms with Crippen molar-refractivity contribution in [2.75, 3.05) is 0 Å². The third-order valence-corrected chi connectivity index (χ3v) is 7.33. The van der Waals surface area contributed by atoms with Crippen LogP contribution in [-0.4, -0.2) is 4.98 Å². The summed E-state index contributed by atoms with van der Waals surface area (Å²) in [5.74, 6) is 0. The first-order valence-corrected chi connectivity index (χ1v) is 12.7. The van der Waals surface area contributed by atoms with E-state index in [-0.39, 0.29) is 0 Å². The number of hydrogen-bond donors (Lipinski definition) is 0. The molecule has 0 radical (unpaired) electrons. The molecule has 1 heterocycles. The predicted molar refractivity (Wildman–Crippen MR) is 158 cm³/mol. The van der Waals surface area contributed by atoms with Crippen molar-refractivity contribution >= 4 is 32.3 Å². The molecule has 7 rings (SSSR count). The van der Waals surface area contributed by atoms with Gasteiger partial charge in [0, 0.05) is 11.8 Å². The Hall–Kier alpha value is -4.75. The van der Waals surface area contributed by atoms with Crippen LogP contribution in [-0.2, 0) is 0 Å². The summed E-state index contributed by atoms with van der Waals surface area (Å²) in [6.07, 6.45) is 1.88.